The highest BCUT2D eigenvalue weighted by molar-refractivity contribution is 7.59. The van der Waals surface area contributed by atoms with Gasteiger partial charge < -0.3 is 98.5 Å². The van der Waals surface area contributed by atoms with Gasteiger partial charge in [-0.2, -0.15) is 0 Å². The first-order valence-electron chi connectivity index (χ1n) is 37.6. The van der Waals surface area contributed by atoms with Gasteiger partial charge in [0, 0.05) is 6.42 Å². The minimum atomic E-state index is -6.02. The van der Waals surface area contributed by atoms with E-state index in [2.05, 4.69) is 141 Å². The van der Waals surface area contributed by atoms with E-state index in [1.165, 1.54) is 75.7 Å². The van der Waals surface area contributed by atoms with Crippen LogP contribution in [0.3, 0.4) is 0 Å². The van der Waals surface area contributed by atoms with Crippen molar-refractivity contribution in [1.82, 2.24) is 0 Å². The van der Waals surface area contributed by atoms with Gasteiger partial charge in [-0.1, -0.05) is 128 Å². The zero-order valence-corrected chi connectivity index (χ0v) is 66.7. The zero-order chi connectivity index (χ0) is 78.1. The van der Waals surface area contributed by atoms with Gasteiger partial charge in [-0.3, -0.25) is 13.7 Å². The first kappa shape index (κ1) is 94.1. The summed E-state index contributed by atoms with van der Waals surface area (Å²) in [7, 11) is -11.7. The third kappa shape index (κ3) is 35.3. The summed E-state index contributed by atoms with van der Waals surface area (Å²) in [5.74, 6) is 0. The second-order valence-corrected chi connectivity index (χ2v) is 32.4. The summed E-state index contributed by atoms with van der Waals surface area (Å²) in [6, 6.07) is 0. The molecule has 4 saturated heterocycles. The molecule has 4 fully saturated rings. The lowest BCUT2D eigenvalue weighted by Gasteiger charge is -2.48. The van der Waals surface area contributed by atoms with E-state index >= 15 is 0 Å². The van der Waals surface area contributed by atoms with E-state index in [1.807, 2.05) is 0 Å². The number of ether oxygens (including phenoxy) is 7. The summed E-state index contributed by atoms with van der Waals surface area (Å²) in [6.07, 6.45) is 12.5. The number of rotatable bonds is 45. The molecule has 105 heavy (non-hydrogen) atoms. The molecule has 0 aromatic carbocycles. The van der Waals surface area contributed by atoms with Crippen molar-refractivity contribution in [2.45, 2.75) is 348 Å². The van der Waals surface area contributed by atoms with Gasteiger partial charge >= 0.3 is 0 Å². The molecule has 0 saturated carbocycles. The molecule has 26 heteroatoms. The van der Waals surface area contributed by atoms with E-state index < -0.39 is 152 Å². The lowest BCUT2D eigenvalue weighted by atomic mass is 9.96. The van der Waals surface area contributed by atoms with Crippen molar-refractivity contribution in [1.29, 1.82) is 0 Å². The van der Waals surface area contributed by atoms with Crippen LogP contribution in [0, 0.1) is 0 Å². The number of hydrogen-bond acceptors (Lipinski definition) is 24. The molecule has 4 rings (SSSR count). The first-order valence-corrected chi connectivity index (χ1v) is 40.6. The van der Waals surface area contributed by atoms with Crippen LogP contribution in [0.2, 0.25) is 0 Å². The number of phosphoric acid groups is 2. The Kier molecular flexibility index (Phi) is 43.5. The molecule has 0 spiro atoms. The van der Waals surface area contributed by atoms with Crippen LogP contribution in [-0.4, -0.2) is 188 Å². The van der Waals surface area contributed by atoms with Gasteiger partial charge in [0.2, 0.25) is 0 Å². The average molecular weight is 1530 g/mol. The third-order valence-corrected chi connectivity index (χ3v) is 22.0. The Morgan fingerprint density at radius 1 is 0.362 bits per heavy atom. The Morgan fingerprint density at radius 2 is 0.667 bits per heavy atom. The molecule has 2 unspecified atom stereocenters. The van der Waals surface area contributed by atoms with E-state index in [-0.39, 0.29) is 6.42 Å². The Labute approximate surface area is 625 Å². The fourth-order valence-corrected chi connectivity index (χ4v) is 14.6. The molecular weight excluding hydrogens is 1390 g/mol. The zero-order valence-electron chi connectivity index (χ0n) is 64.9. The quantitative estimate of drug-likeness (QED) is 0.0200. The number of allylic oxidation sites excluding steroid dienone is 21. The van der Waals surface area contributed by atoms with Crippen molar-refractivity contribution < 1.29 is 116 Å². The highest BCUT2D eigenvalue weighted by atomic mass is 31.3. The van der Waals surface area contributed by atoms with Crippen molar-refractivity contribution >= 4 is 15.6 Å². The van der Waals surface area contributed by atoms with Crippen LogP contribution in [-0.2, 0) is 55.6 Å². The molecule has 4 heterocycles. The monoisotopic (exact) mass is 1520 g/mol. The van der Waals surface area contributed by atoms with Crippen LogP contribution in [0.5, 0.6) is 0 Å². The van der Waals surface area contributed by atoms with Crippen molar-refractivity contribution in [2.24, 2.45) is 0 Å². The molecule has 0 aromatic heterocycles. The summed E-state index contributed by atoms with van der Waals surface area (Å²) >= 11 is 0. The van der Waals surface area contributed by atoms with Gasteiger partial charge in [0.05, 0.1) is 38.1 Å². The maximum atomic E-state index is 13.0. The molecule has 4 aliphatic heterocycles. The smallest absolute Gasteiger partial charge is 0.276 e. The van der Waals surface area contributed by atoms with E-state index in [0.717, 1.165) is 121 Å². The standard InChI is InChI=1S/C79H132O24P2/c1-50(2)25-15-26-51(3)27-16-28-52(4)29-17-30-53(5)31-18-32-54(6)33-19-34-55(7)35-20-36-56(8)37-21-38-57(9)39-22-40-58(10)41-23-42-59(11)43-24-44-60(12)45-46-94-104(90,91)103-105(92,93)102-79-72(89)75(68(85)66(49-81)98-79)101-77-70(87)69(86)73(62(14)96-77)99-78-71(88)74(67(84)65(48-80)97-78)100-76-64(83)47-63(82)61(13)95-76/h25,27,29,31,33,35,37,39,41,43,45,61-89H,15-24,26,28,30,32,34,36,38,40,42,44,46-49H2,1-14H3,(H,90,91)(H,92,93)/p-2/b51-27+,52-29+,53-31-,54-33-,55-35-,56-37-,57-39-,58-41-,59-43-,60-45-/t61-,62+,63-,64-,65-,66-,67-,68+,69+,70-,71+,72-,73+,74+,75+,76-,77+,78-,79-/m1/s1. The average Bonchev–Trinajstić information content (AvgIpc) is 0.782. The summed E-state index contributed by atoms with van der Waals surface area (Å²) < 4.78 is 78.8. The van der Waals surface area contributed by atoms with Crippen LogP contribution in [0.4, 0.5) is 0 Å². The normalized spacial score (nSPS) is 31.8. The lowest BCUT2D eigenvalue weighted by Crippen LogP contribution is -2.66. The molecule has 0 amide bonds. The van der Waals surface area contributed by atoms with E-state index in [0.29, 0.717) is 12.8 Å². The van der Waals surface area contributed by atoms with Gasteiger partial charge in [0.15, 0.2) is 25.2 Å². The number of aliphatic hydroxyl groups excluding tert-OH is 10. The molecule has 10 N–H and O–H groups in total. The predicted octanol–water partition coefficient (Wildman–Crippen LogP) is 11.6. The molecule has 4 aliphatic rings. The van der Waals surface area contributed by atoms with Gasteiger partial charge in [-0.05, 0) is 225 Å². The number of phosphoric ester groups is 2. The Morgan fingerprint density at radius 3 is 1.03 bits per heavy atom. The van der Waals surface area contributed by atoms with Crippen LogP contribution >= 0.6 is 15.6 Å². The van der Waals surface area contributed by atoms with Crippen molar-refractivity contribution in [2.75, 3.05) is 19.8 Å². The SMILES string of the molecule is CC(C)=CCC/C(C)=C/CC/C(C)=C/CC/C(C)=C\CC/C(C)=C\CC/C(C)=C\CC/C(C)=C\CC/C(C)=C\CC/C(C)=C\CC/C(C)=C\CC/C(C)=C\COP(=O)([O-])OP(=O)([O-])O[C@H]1O[C@H](CO)[C@H](O)[C@H](O[C@@H]2O[C@@H](C)[C@H](O[C@H]3O[C@H](CO)[C@@H](O)[C@H](O[C@H]4O[C@H](C)[C@H](O)C[C@H]4O)[C@@H]3O)[C@@H](O)[C@H]2O)[C@H]1O. The summed E-state index contributed by atoms with van der Waals surface area (Å²) in [6.45, 7) is 26.4. The molecule has 0 bridgehead atoms. The second kappa shape index (κ2) is 48.5. The Hall–Kier alpha value is -3.28. The summed E-state index contributed by atoms with van der Waals surface area (Å²) in [4.78, 5) is 25.8. The Balaban J connectivity index is 1.11. The molecular formula is C79H130O24P2-2. The van der Waals surface area contributed by atoms with Crippen molar-refractivity contribution in [3.05, 3.63) is 128 Å². The molecule has 0 radical (unpaired) electrons. The maximum absolute atomic E-state index is 13.0. The number of aliphatic hydroxyl groups is 10. The van der Waals surface area contributed by atoms with Crippen molar-refractivity contribution in [3.63, 3.8) is 0 Å². The van der Waals surface area contributed by atoms with Crippen molar-refractivity contribution in [3.8, 4) is 0 Å². The van der Waals surface area contributed by atoms with E-state index in [1.54, 1.807) is 6.92 Å². The minimum Gasteiger partial charge on any atom is -0.756 e. The second-order valence-electron chi connectivity index (χ2n) is 29.5. The topological polar surface area (TPSA) is 375 Å². The van der Waals surface area contributed by atoms with Crippen LogP contribution in [0.25, 0.3) is 0 Å². The molecule has 602 valence electrons. The van der Waals surface area contributed by atoms with Crippen LogP contribution in [0.1, 0.15) is 232 Å². The van der Waals surface area contributed by atoms with Crippen LogP contribution < -0.4 is 9.79 Å². The molecule has 0 aliphatic carbocycles. The summed E-state index contributed by atoms with van der Waals surface area (Å²) in [5, 5.41) is 108. The van der Waals surface area contributed by atoms with Crippen LogP contribution in [0.15, 0.2) is 128 Å². The highest BCUT2D eigenvalue weighted by Gasteiger charge is 2.55. The Bertz CT molecular complexity index is 3050. The highest BCUT2D eigenvalue weighted by Crippen LogP contribution is 2.57. The van der Waals surface area contributed by atoms with E-state index in [4.69, 9.17) is 42.2 Å². The van der Waals surface area contributed by atoms with Gasteiger partial charge in [0.1, 0.15) is 73.2 Å². The predicted molar refractivity (Wildman–Crippen MR) is 400 cm³/mol. The molecule has 24 nitrogen and oxygen atoms in total. The van der Waals surface area contributed by atoms with E-state index in [9.17, 15) is 70.0 Å². The molecule has 21 atom stereocenters. The minimum absolute atomic E-state index is 0.163. The molecule has 0 aromatic rings. The first-order chi connectivity index (χ1) is 49.5. The van der Waals surface area contributed by atoms with Gasteiger partial charge in [-0.15, -0.1) is 0 Å². The summed E-state index contributed by atoms with van der Waals surface area (Å²) in [5.41, 5.74) is 14.9. The van der Waals surface area contributed by atoms with Gasteiger partial charge in [0.25, 0.3) is 15.6 Å². The third-order valence-electron chi connectivity index (χ3n) is 19.5. The number of hydrogen-bond donors (Lipinski definition) is 10. The largest absolute Gasteiger partial charge is 0.756 e. The maximum Gasteiger partial charge on any atom is 0.276 e. The van der Waals surface area contributed by atoms with Gasteiger partial charge in [-0.25, -0.2) is 4.31 Å². The fraction of sp³-hybridized carbons (Fsp3) is 0.722. The fourth-order valence-electron chi connectivity index (χ4n) is 12.6. The lowest BCUT2D eigenvalue weighted by molar-refractivity contribution is -0.383.